The number of amides is 1. The number of aromatic nitrogens is 3. The van der Waals surface area contributed by atoms with Gasteiger partial charge in [-0.15, -0.1) is 0 Å². The summed E-state index contributed by atoms with van der Waals surface area (Å²) < 4.78 is 51.8. The lowest BCUT2D eigenvalue weighted by Crippen LogP contribution is -2.44. The maximum absolute atomic E-state index is 14.4. The van der Waals surface area contributed by atoms with Crippen LogP contribution in [0, 0.1) is 5.82 Å². The van der Waals surface area contributed by atoms with Crippen molar-refractivity contribution in [3.63, 3.8) is 0 Å². The molecule has 31 heavy (non-hydrogen) atoms. The summed E-state index contributed by atoms with van der Waals surface area (Å²) in [5.74, 6) is -0.986. The zero-order valence-corrected chi connectivity index (χ0v) is 17.8. The predicted molar refractivity (Wildman–Crippen MR) is 111 cm³/mol. The first-order valence-electron chi connectivity index (χ1n) is 9.19. The second-order valence-electron chi connectivity index (χ2n) is 6.76. The fourth-order valence-corrected chi connectivity index (χ4v) is 3.68. The Balaban J connectivity index is 1.81. The molecule has 3 rings (SSSR count). The normalized spacial score (nSPS) is 16.4. The molecular weight excluding hydrogens is 460 g/mol. The molecule has 0 fully saturated rings. The first kappa shape index (κ1) is 23.3. The fourth-order valence-electron chi connectivity index (χ4n) is 3.04. The van der Waals surface area contributed by atoms with Crippen LogP contribution in [0.5, 0.6) is 0 Å². The van der Waals surface area contributed by atoms with E-state index >= 15 is 0 Å². The standard InChI is InChI=1S/C18H19ClF4N6OS/c1-31-3-2-13(17(30)27-8-18(21,22)23)28-16-12(20)7-26-15(29-16)11-6-25-14-10(11)4-9(19)5-24-14/h4-5,7,11,13H,2-3,6,8H2,1H3,(H,24,25)(H,27,30)(H,26,28,29)/t11?,13-/m1/s1. The van der Waals surface area contributed by atoms with Gasteiger partial charge in [-0.05, 0) is 24.5 Å². The van der Waals surface area contributed by atoms with Crippen LogP contribution in [0.3, 0.4) is 0 Å². The zero-order valence-electron chi connectivity index (χ0n) is 16.3. The summed E-state index contributed by atoms with van der Waals surface area (Å²) in [6.07, 6.45) is -0.135. The van der Waals surface area contributed by atoms with Crippen molar-refractivity contribution in [3.05, 3.63) is 40.7 Å². The number of carbonyl (C=O) groups is 1. The Morgan fingerprint density at radius 1 is 1.39 bits per heavy atom. The van der Waals surface area contributed by atoms with Crippen LogP contribution in [-0.2, 0) is 4.79 Å². The van der Waals surface area contributed by atoms with Gasteiger partial charge in [0.05, 0.1) is 17.1 Å². The highest BCUT2D eigenvalue weighted by molar-refractivity contribution is 7.98. The third-order valence-electron chi connectivity index (χ3n) is 4.51. The number of alkyl halides is 3. The van der Waals surface area contributed by atoms with Gasteiger partial charge in [0.2, 0.25) is 5.91 Å². The number of nitrogens with zero attached hydrogens (tertiary/aromatic N) is 3. The largest absolute Gasteiger partial charge is 0.405 e. The highest BCUT2D eigenvalue weighted by atomic mass is 35.5. The van der Waals surface area contributed by atoms with Crippen LogP contribution in [0.4, 0.5) is 29.2 Å². The number of rotatable bonds is 8. The molecule has 2 atom stereocenters. The third-order valence-corrected chi connectivity index (χ3v) is 5.36. The Labute approximate surface area is 184 Å². The first-order valence-corrected chi connectivity index (χ1v) is 11.0. The van der Waals surface area contributed by atoms with Crippen molar-refractivity contribution in [3.8, 4) is 0 Å². The van der Waals surface area contributed by atoms with E-state index in [9.17, 15) is 22.4 Å². The third kappa shape index (κ3) is 6.10. The van der Waals surface area contributed by atoms with Crippen LogP contribution in [0.2, 0.25) is 5.02 Å². The Hall–Kier alpha value is -2.34. The molecule has 13 heteroatoms. The second kappa shape index (κ2) is 9.86. The van der Waals surface area contributed by atoms with Crippen LogP contribution in [-0.4, -0.2) is 58.2 Å². The van der Waals surface area contributed by atoms with Gasteiger partial charge in [-0.1, -0.05) is 11.6 Å². The minimum atomic E-state index is -4.55. The van der Waals surface area contributed by atoms with E-state index < -0.39 is 30.5 Å². The fraction of sp³-hybridized carbons (Fsp3) is 0.444. The SMILES string of the molecule is CSCC[C@@H](Nc1nc(C2CNc3ncc(Cl)cc32)ncc1F)C(=O)NCC(F)(F)F. The van der Waals surface area contributed by atoms with E-state index in [0.717, 1.165) is 11.8 Å². The molecule has 0 saturated heterocycles. The molecule has 1 unspecified atom stereocenters. The molecule has 0 aromatic carbocycles. The van der Waals surface area contributed by atoms with Gasteiger partial charge in [0.25, 0.3) is 0 Å². The van der Waals surface area contributed by atoms with Crippen LogP contribution in [0.1, 0.15) is 23.7 Å². The maximum atomic E-state index is 14.4. The summed E-state index contributed by atoms with van der Waals surface area (Å²) in [7, 11) is 0. The van der Waals surface area contributed by atoms with Crippen molar-refractivity contribution >= 4 is 40.9 Å². The first-order chi connectivity index (χ1) is 14.7. The average Bonchev–Trinajstić information content (AvgIpc) is 3.13. The molecule has 3 heterocycles. The number of halogens is 5. The molecule has 1 aliphatic heterocycles. The van der Waals surface area contributed by atoms with Crippen molar-refractivity contribution < 1.29 is 22.4 Å². The summed E-state index contributed by atoms with van der Waals surface area (Å²) >= 11 is 7.42. The van der Waals surface area contributed by atoms with Gasteiger partial charge in [0.1, 0.15) is 24.2 Å². The number of hydrogen-bond acceptors (Lipinski definition) is 7. The van der Waals surface area contributed by atoms with Crippen LogP contribution >= 0.6 is 23.4 Å². The van der Waals surface area contributed by atoms with Gasteiger partial charge in [0.15, 0.2) is 11.6 Å². The Morgan fingerprint density at radius 2 is 2.16 bits per heavy atom. The van der Waals surface area contributed by atoms with Gasteiger partial charge in [-0.25, -0.2) is 19.3 Å². The number of carbonyl (C=O) groups excluding carboxylic acids is 1. The summed E-state index contributed by atoms with van der Waals surface area (Å²) in [6.45, 7) is -1.06. The lowest BCUT2D eigenvalue weighted by molar-refractivity contribution is -0.138. The number of fused-ring (bicyclic) bond motifs is 1. The topological polar surface area (TPSA) is 91.8 Å². The molecule has 3 N–H and O–H groups in total. The second-order valence-corrected chi connectivity index (χ2v) is 8.18. The lowest BCUT2D eigenvalue weighted by Gasteiger charge is -2.20. The van der Waals surface area contributed by atoms with Crippen LogP contribution < -0.4 is 16.0 Å². The average molecular weight is 479 g/mol. The molecule has 0 saturated carbocycles. The van der Waals surface area contributed by atoms with Crippen molar-refractivity contribution in [1.29, 1.82) is 0 Å². The van der Waals surface area contributed by atoms with Crippen LogP contribution in [0.15, 0.2) is 18.5 Å². The zero-order chi connectivity index (χ0) is 22.6. The minimum Gasteiger partial charge on any atom is -0.369 e. The molecule has 7 nitrogen and oxygen atoms in total. The summed E-state index contributed by atoms with van der Waals surface area (Å²) in [5, 5.41) is 7.98. The Kier molecular flexibility index (Phi) is 7.42. The van der Waals surface area contributed by atoms with Gasteiger partial charge < -0.3 is 16.0 Å². The molecular formula is C18H19ClF4N6OS. The molecule has 0 aliphatic carbocycles. The van der Waals surface area contributed by atoms with E-state index in [2.05, 4.69) is 25.6 Å². The van der Waals surface area contributed by atoms with Gasteiger partial charge >= 0.3 is 6.18 Å². The summed E-state index contributed by atoms with van der Waals surface area (Å²) in [5.41, 5.74) is 0.743. The molecule has 0 bridgehead atoms. The molecule has 1 aliphatic rings. The Morgan fingerprint density at radius 3 is 2.87 bits per heavy atom. The van der Waals surface area contributed by atoms with E-state index in [4.69, 9.17) is 11.6 Å². The Bertz CT molecular complexity index is 948. The van der Waals surface area contributed by atoms with Crippen molar-refractivity contribution in [2.24, 2.45) is 0 Å². The molecule has 168 valence electrons. The maximum Gasteiger partial charge on any atom is 0.405 e. The van der Waals surface area contributed by atoms with E-state index in [1.807, 2.05) is 5.32 Å². The van der Waals surface area contributed by atoms with Crippen LogP contribution in [0.25, 0.3) is 0 Å². The highest BCUT2D eigenvalue weighted by Gasteiger charge is 2.31. The molecule has 1 amide bonds. The van der Waals surface area contributed by atoms with Crippen molar-refractivity contribution in [2.45, 2.75) is 24.6 Å². The van der Waals surface area contributed by atoms with Gasteiger partial charge in [0, 0.05) is 18.3 Å². The summed E-state index contributed by atoms with van der Waals surface area (Å²) in [4.78, 5) is 24.7. The lowest BCUT2D eigenvalue weighted by atomic mass is 10.0. The molecule has 2 aromatic rings. The van der Waals surface area contributed by atoms with E-state index in [-0.39, 0.29) is 24.0 Å². The highest BCUT2D eigenvalue weighted by Crippen LogP contribution is 2.35. The monoisotopic (exact) mass is 478 g/mol. The predicted octanol–water partition coefficient (Wildman–Crippen LogP) is 3.43. The van der Waals surface area contributed by atoms with E-state index in [0.29, 0.717) is 23.1 Å². The number of thioether (sulfide) groups is 1. The number of pyridine rings is 1. The molecule has 0 spiro atoms. The molecule has 0 radical (unpaired) electrons. The summed E-state index contributed by atoms with van der Waals surface area (Å²) in [6, 6.07) is 0.609. The van der Waals surface area contributed by atoms with E-state index in [1.165, 1.54) is 18.0 Å². The van der Waals surface area contributed by atoms with Gasteiger partial charge in [-0.3, -0.25) is 4.79 Å². The van der Waals surface area contributed by atoms with Crippen molar-refractivity contribution in [1.82, 2.24) is 20.3 Å². The van der Waals surface area contributed by atoms with Gasteiger partial charge in [-0.2, -0.15) is 24.9 Å². The van der Waals surface area contributed by atoms with Crippen molar-refractivity contribution in [2.75, 3.05) is 35.7 Å². The van der Waals surface area contributed by atoms with E-state index in [1.54, 1.807) is 12.3 Å². The molecule has 2 aromatic heterocycles. The number of anilines is 2. The number of nitrogens with one attached hydrogen (secondary N) is 3. The minimum absolute atomic E-state index is 0.178. The smallest absolute Gasteiger partial charge is 0.369 e. The number of hydrogen-bond donors (Lipinski definition) is 3. The quantitative estimate of drug-likeness (QED) is 0.501.